The number of H-pyrrole nitrogens is 2. The minimum atomic E-state index is -3.74. The number of primary sulfonamides is 1. The molecule has 2 aliphatic rings. The second-order valence-corrected chi connectivity index (χ2v) is 13.3. The van der Waals surface area contributed by atoms with Gasteiger partial charge >= 0.3 is 0 Å². The van der Waals surface area contributed by atoms with E-state index in [1.807, 2.05) is 12.1 Å². The highest BCUT2D eigenvalue weighted by Gasteiger charge is 2.28. The highest BCUT2D eigenvalue weighted by Crippen LogP contribution is 2.38. The van der Waals surface area contributed by atoms with Crippen LogP contribution in [0, 0.1) is 0 Å². The molecule has 1 atom stereocenters. The molecule has 0 radical (unpaired) electrons. The molecule has 2 aromatic heterocycles. The number of nitrogens with one attached hydrogen (secondary N) is 3. The molecule has 0 spiro atoms. The summed E-state index contributed by atoms with van der Waals surface area (Å²) in [6.45, 7) is 8.04. The van der Waals surface area contributed by atoms with Gasteiger partial charge in [0.2, 0.25) is 27.8 Å². The second-order valence-electron chi connectivity index (χ2n) is 11.4. The molecule has 4 heterocycles. The van der Waals surface area contributed by atoms with Gasteiger partial charge in [-0.15, -0.1) is 0 Å². The van der Waals surface area contributed by atoms with Crippen molar-refractivity contribution in [2.75, 3.05) is 63.2 Å². The van der Waals surface area contributed by atoms with Gasteiger partial charge in [0.15, 0.2) is 16.6 Å². The van der Waals surface area contributed by atoms with E-state index in [-0.39, 0.29) is 4.90 Å². The van der Waals surface area contributed by atoms with Crippen molar-refractivity contribution in [1.29, 1.82) is 0 Å². The van der Waals surface area contributed by atoms with E-state index in [2.05, 4.69) is 41.9 Å². The molecular weight excluding hydrogens is 601 g/mol. The number of thiocarbonyl (C=S) groups is 1. The number of hydrogen-bond donors (Lipinski definition) is 3. The zero-order valence-electron chi connectivity index (χ0n) is 25.0. The van der Waals surface area contributed by atoms with Gasteiger partial charge in [0.25, 0.3) is 0 Å². The number of nitrogens with two attached hydrogens (primary N) is 1. The van der Waals surface area contributed by atoms with Crippen molar-refractivity contribution >= 4 is 60.8 Å². The zero-order valence-corrected chi connectivity index (χ0v) is 26.6. The summed E-state index contributed by atoms with van der Waals surface area (Å²) in [6.07, 6.45) is 5.24. The zero-order chi connectivity index (χ0) is 30.8. The molecular formula is C30H39N8O4S2+. The van der Waals surface area contributed by atoms with Crippen molar-refractivity contribution in [1.82, 2.24) is 19.8 Å². The number of ether oxygens (including phenoxy) is 2. The first-order valence-corrected chi connectivity index (χ1v) is 16.9. The summed E-state index contributed by atoms with van der Waals surface area (Å²) in [6, 6.07) is 10.9. The lowest BCUT2D eigenvalue weighted by Crippen LogP contribution is -2.51. The molecule has 0 saturated carbocycles. The number of methoxy groups -OCH3 is 1. The van der Waals surface area contributed by atoms with Gasteiger partial charge in [0.1, 0.15) is 5.39 Å². The van der Waals surface area contributed by atoms with Gasteiger partial charge in [-0.25, -0.2) is 18.5 Å². The van der Waals surface area contributed by atoms with Crippen molar-refractivity contribution in [3.8, 4) is 11.5 Å². The number of piperazine rings is 1. The third kappa shape index (κ3) is 6.39. The first-order valence-electron chi connectivity index (χ1n) is 14.9. The Kier molecular flexibility index (Phi) is 8.76. The third-order valence-electron chi connectivity index (χ3n) is 8.55. The average Bonchev–Trinajstić information content (AvgIpc) is 3.60. The minimum Gasteiger partial charge on any atom is -0.493 e. The SMILES string of the molecule is COc1cc2c(cc1OCCCN1CCCC1C)[nH]c1nc[nH+]c(N3CCN(C(=S)Nc4ccc(S(N)(=O)=O)cc4)CC3)c12. The van der Waals surface area contributed by atoms with E-state index in [4.69, 9.17) is 26.8 Å². The van der Waals surface area contributed by atoms with Crippen LogP contribution in [-0.2, 0) is 10.0 Å². The maximum Gasteiger partial charge on any atom is 0.238 e. The number of hydrogen-bond acceptors (Lipinski definition) is 8. The van der Waals surface area contributed by atoms with Crippen molar-refractivity contribution < 1.29 is 22.9 Å². The Labute approximate surface area is 262 Å². The lowest BCUT2D eigenvalue weighted by molar-refractivity contribution is -0.367. The van der Waals surface area contributed by atoms with E-state index in [1.165, 1.54) is 31.5 Å². The van der Waals surface area contributed by atoms with Crippen LogP contribution in [0.3, 0.4) is 0 Å². The number of benzene rings is 2. The molecule has 4 aromatic rings. The Hall–Kier alpha value is -3.72. The van der Waals surface area contributed by atoms with E-state index in [9.17, 15) is 8.42 Å². The van der Waals surface area contributed by atoms with Crippen molar-refractivity contribution in [3.63, 3.8) is 0 Å². The Bertz CT molecular complexity index is 1750. The Morgan fingerprint density at radius 2 is 1.93 bits per heavy atom. The van der Waals surface area contributed by atoms with Gasteiger partial charge in [-0.1, -0.05) is 4.98 Å². The van der Waals surface area contributed by atoms with Gasteiger partial charge in [-0.3, -0.25) is 4.90 Å². The van der Waals surface area contributed by atoms with E-state index >= 15 is 0 Å². The molecule has 2 fully saturated rings. The summed E-state index contributed by atoms with van der Waals surface area (Å²) in [7, 11) is -2.07. The molecule has 12 nitrogen and oxygen atoms in total. The van der Waals surface area contributed by atoms with Crippen LogP contribution in [0.15, 0.2) is 47.6 Å². The van der Waals surface area contributed by atoms with Gasteiger partial charge in [-0.05, 0) is 75.3 Å². The summed E-state index contributed by atoms with van der Waals surface area (Å²) in [5.41, 5.74) is 2.43. The number of aromatic amines is 2. The Morgan fingerprint density at radius 1 is 1.16 bits per heavy atom. The van der Waals surface area contributed by atoms with Crippen molar-refractivity contribution in [3.05, 3.63) is 42.7 Å². The van der Waals surface area contributed by atoms with Crippen LogP contribution < -0.4 is 29.8 Å². The molecule has 2 saturated heterocycles. The number of aromatic nitrogens is 3. The van der Waals surface area contributed by atoms with E-state index in [0.29, 0.717) is 42.3 Å². The fraction of sp³-hybridized carbons (Fsp3) is 0.433. The van der Waals surface area contributed by atoms with Crippen molar-refractivity contribution in [2.45, 2.75) is 37.1 Å². The smallest absolute Gasteiger partial charge is 0.238 e. The lowest BCUT2D eigenvalue weighted by atomic mass is 10.1. The fourth-order valence-corrected chi connectivity index (χ4v) is 6.93. The maximum absolute atomic E-state index is 11.5. The highest BCUT2D eigenvalue weighted by molar-refractivity contribution is 7.89. The normalized spacial score (nSPS) is 17.8. The second kappa shape index (κ2) is 12.7. The van der Waals surface area contributed by atoms with Crippen molar-refractivity contribution in [2.24, 2.45) is 5.14 Å². The van der Waals surface area contributed by atoms with E-state index < -0.39 is 10.0 Å². The average molecular weight is 640 g/mol. The molecule has 234 valence electrons. The Morgan fingerprint density at radius 3 is 2.61 bits per heavy atom. The monoisotopic (exact) mass is 639 g/mol. The number of anilines is 2. The molecule has 2 aromatic carbocycles. The predicted octanol–water partition coefficient (Wildman–Crippen LogP) is 2.96. The number of likely N-dealkylation sites (tertiary alicyclic amines) is 1. The topological polar surface area (TPSA) is 143 Å². The number of sulfonamides is 1. The molecule has 6 rings (SSSR count). The van der Waals surface area contributed by atoms with Gasteiger partial charge in [0, 0.05) is 29.7 Å². The largest absolute Gasteiger partial charge is 0.493 e. The fourth-order valence-electron chi connectivity index (χ4n) is 6.11. The van der Waals surface area contributed by atoms with Gasteiger partial charge < -0.3 is 29.6 Å². The van der Waals surface area contributed by atoms with Crippen LogP contribution in [0.25, 0.3) is 21.9 Å². The summed E-state index contributed by atoms with van der Waals surface area (Å²) in [4.78, 5) is 18.4. The lowest BCUT2D eigenvalue weighted by Gasteiger charge is -2.34. The van der Waals surface area contributed by atoms with Crippen LogP contribution in [0.1, 0.15) is 26.2 Å². The molecule has 0 bridgehead atoms. The molecule has 2 aliphatic heterocycles. The number of nitrogens with zero attached hydrogens (tertiary/aromatic N) is 4. The molecule has 44 heavy (non-hydrogen) atoms. The summed E-state index contributed by atoms with van der Waals surface area (Å²) >= 11 is 5.66. The maximum atomic E-state index is 11.5. The third-order valence-corrected chi connectivity index (χ3v) is 9.84. The van der Waals surface area contributed by atoms with Crippen LogP contribution in [-0.4, -0.2) is 92.3 Å². The molecule has 0 amide bonds. The predicted molar refractivity (Wildman–Crippen MR) is 175 cm³/mol. The first-order chi connectivity index (χ1) is 21.2. The molecule has 0 aliphatic carbocycles. The van der Waals surface area contributed by atoms with Crippen LogP contribution in [0.2, 0.25) is 0 Å². The van der Waals surface area contributed by atoms with Crippen LogP contribution >= 0.6 is 12.2 Å². The minimum absolute atomic E-state index is 0.0590. The summed E-state index contributed by atoms with van der Waals surface area (Å²) in [5.74, 6) is 2.40. The van der Waals surface area contributed by atoms with E-state index in [0.717, 1.165) is 59.6 Å². The molecule has 1 unspecified atom stereocenters. The summed E-state index contributed by atoms with van der Waals surface area (Å²) in [5, 5.41) is 11.0. The quantitative estimate of drug-likeness (QED) is 0.185. The van der Waals surface area contributed by atoms with E-state index in [1.54, 1.807) is 25.6 Å². The van der Waals surface area contributed by atoms with Gasteiger partial charge in [0.05, 0.1) is 50.3 Å². The highest BCUT2D eigenvalue weighted by atomic mass is 32.2. The number of rotatable bonds is 9. The molecule has 14 heteroatoms. The van der Waals surface area contributed by atoms with Gasteiger partial charge in [-0.2, -0.15) is 0 Å². The Balaban J connectivity index is 1.13. The first kappa shape index (κ1) is 30.3. The van der Waals surface area contributed by atoms with Crippen LogP contribution in [0.5, 0.6) is 11.5 Å². The standard InChI is InChI=1S/C30H38N8O4S2/c1-20-5-3-10-36(20)11-4-16-42-26-18-24-23(17-25(26)41-2)27-28(35-24)32-19-33-29(27)37-12-14-38(15-13-37)30(43)34-21-6-8-22(9-7-21)44(31,39)40/h6-9,17-20H,3-5,10-16H2,1-2H3,(H,34,43)(H2,31,39,40)(H,32,33,35)/p+1. The van der Waals surface area contributed by atoms with Crippen LogP contribution in [0.4, 0.5) is 11.5 Å². The number of fused-ring (bicyclic) bond motifs is 3. The summed E-state index contributed by atoms with van der Waals surface area (Å²) < 4.78 is 35.0. The molecule has 5 N–H and O–H groups in total.